The van der Waals surface area contributed by atoms with Crippen LogP contribution in [0.15, 0.2) is 84.9 Å². The standard InChI is InChI=1S/C31H25N5O5S/c1-40-21-10-11-22(27(16-21)41-2)28-23-15-20(36(31(32)39)19-6-4-3-5-7-19)9-13-26(23)35(29(28)30(37)38)17-18-8-12-24-25(14-18)34-42-33-24/h3-16H,17H2,1-2H3,(H2,32,39)(H,37,38). The number of rotatable bonds is 8. The van der Waals surface area contributed by atoms with Crippen LogP contribution in [0.5, 0.6) is 11.5 Å². The molecule has 3 N–H and O–H groups in total. The lowest BCUT2D eigenvalue weighted by Gasteiger charge is -2.21. The summed E-state index contributed by atoms with van der Waals surface area (Å²) in [5.41, 5.74) is 11.0. The predicted molar refractivity (Wildman–Crippen MR) is 162 cm³/mol. The van der Waals surface area contributed by atoms with Crippen molar-refractivity contribution in [1.82, 2.24) is 13.3 Å². The highest BCUT2D eigenvalue weighted by Gasteiger charge is 2.27. The number of carbonyl (C=O) groups excluding carboxylic acids is 1. The number of nitrogens with zero attached hydrogens (tertiary/aromatic N) is 4. The minimum atomic E-state index is -1.12. The lowest BCUT2D eigenvalue weighted by atomic mass is 10.00. The molecule has 2 amide bonds. The highest BCUT2D eigenvalue weighted by molar-refractivity contribution is 7.00. The van der Waals surface area contributed by atoms with Crippen LogP contribution in [-0.2, 0) is 6.54 Å². The third-order valence-electron chi connectivity index (χ3n) is 7.08. The Morgan fingerprint density at radius 1 is 0.905 bits per heavy atom. The van der Waals surface area contributed by atoms with Gasteiger partial charge in [0.1, 0.15) is 28.2 Å². The second-order valence-electron chi connectivity index (χ2n) is 9.48. The zero-order chi connectivity index (χ0) is 29.4. The fourth-order valence-corrected chi connectivity index (χ4v) is 5.75. The summed E-state index contributed by atoms with van der Waals surface area (Å²) in [6.45, 7) is 0.252. The van der Waals surface area contributed by atoms with Crippen molar-refractivity contribution in [2.75, 3.05) is 19.1 Å². The number of hydrogen-bond acceptors (Lipinski definition) is 7. The maximum Gasteiger partial charge on any atom is 0.353 e. The zero-order valence-corrected chi connectivity index (χ0v) is 23.5. The number of primary amides is 1. The Labute approximate surface area is 244 Å². The molecule has 0 fully saturated rings. The van der Waals surface area contributed by atoms with Gasteiger partial charge in [0.25, 0.3) is 0 Å². The van der Waals surface area contributed by atoms with Crippen LogP contribution < -0.4 is 20.1 Å². The van der Waals surface area contributed by atoms with E-state index >= 15 is 0 Å². The van der Waals surface area contributed by atoms with Crippen LogP contribution in [0.2, 0.25) is 0 Å². The molecule has 0 bridgehead atoms. The Bertz CT molecular complexity index is 1970. The summed E-state index contributed by atoms with van der Waals surface area (Å²) in [5.74, 6) is -0.121. The molecule has 0 aliphatic carbocycles. The fourth-order valence-electron chi connectivity index (χ4n) is 5.24. The molecular weight excluding hydrogens is 554 g/mol. The van der Waals surface area contributed by atoms with E-state index in [2.05, 4.69) is 8.75 Å². The van der Waals surface area contributed by atoms with E-state index in [1.54, 1.807) is 60.2 Å². The van der Waals surface area contributed by atoms with Gasteiger partial charge in [-0.15, -0.1) is 0 Å². The third-order valence-corrected chi connectivity index (χ3v) is 7.64. The average molecular weight is 580 g/mol. The number of urea groups is 1. The Morgan fingerprint density at radius 2 is 1.69 bits per heavy atom. The van der Waals surface area contributed by atoms with Gasteiger partial charge >= 0.3 is 12.0 Å². The quantitative estimate of drug-likeness (QED) is 0.216. The van der Waals surface area contributed by atoms with Gasteiger partial charge in [0.15, 0.2) is 0 Å². The molecule has 0 aliphatic heterocycles. The topological polar surface area (TPSA) is 133 Å². The van der Waals surface area contributed by atoms with Crippen molar-refractivity contribution in [3.05, 3.63) is 96.2 Å². The second kappa shape index (κ2) is 10.9. The summed E-state index contributed by atoms with van der Waals surface area (Å²) in [5, 5.41) is 11.2. The van der Waals surface area contributed by atoms with Crippen LogP contribution in [0, 0.1) is 0 Å². The molecule has 10 nitrogen and oxygen atoms in total. The van der Waals surface area contributed by atoms with Crippen molar-refractivity contribution < 1.29 is 24.2 Å². The molecule has 0 atom stereocenters. The third kappa shape index (κ3) is 4.65. The molecule has 0 aliphatic rings. The fraction of sp³-hybridized carbons (Fsp3) is 0.0968. The van der Waals surface area contributed by atoms with E-state index in [0.29, 0.717) is 44.9 Å². The van der Waals surface area contributed by atoms with Crippen LogP contribution in [0.3, 0.4) is 0 Å². The number of benzene rings is 4. The highest BCUT2D eigenvalue weighted by atomic mass is 32.1. The Morgan fingerprint density at radius 3 is 2.40 bits per heavy atom. The second-order valence-corrected chi connectivity index (χ2v) is 10.0. The van der Waals surface area contributed by atoms with E-state index < -0.39 is 12.0 Å². The number of fused-ring (bicyclic) bond motifs is 2. The van der Waals surface area contributed by atoms with Crippen LogP contribution in [0.1, 0.15) is 16.1 Å². The SMILES string of the molecule is COc1ccc(-c2c(C(=O)O)n(Cc3ccc4nsnc4c3)c3ccc(N(C(N)=O)c4ccccc4)cc23)c(OC)c1. The molecular formula is C31H25N5O5S. The first-order valence-electron chi connectivity index (χ1n) is 12.9. The number of aromatic nitrogens is 3. The average Bonchev–Trinajstić information content (AvgIpc) is 3.59. The molecule has 0 radical (unpaired) electrons. The summed E-state index contributed by atoms with van der Waals surface area (Å²) in [6, 6.07) is 24.6. The van der Waals surface area contributed by atoms with Crippen LogP contribution in [0.25, 0.3) is 33.1 Å². The van der Waals surface area contributed by atoms with Gasteiger partial charge in [0.05, 0.1) is 37.3 Å². The summed E-state index contributed by atoms with van der Waals surface area (Å²) >= 11 is 1.12. The molecule has 2 aromatic heterocycles. The first-order valence-corrected chi connectivity index (χ1v) is 13.6. The number of anilines is 2. The molecule has 11 heteroatoms. The van der Waals surface area contributed by atoms with Crippen molar-refractivity contribution in [3.63, 3.8) is 0 Å². The van der Waals surface area contributed by atoms with Gasteiger partial charge < -0.3 is 24.9 Å². The van der Waals surface area contributed by atoms with Crippen molar-refractivity contribution in [2.24, 2.45) is 5.73 Å². The number of ether oxygens (including phenoxy) is 2. The van der Waals surface area contributed by atoms with Crippen molar-refractivity contribution in [3.8, 4) is 22.6 Å². The number of carbonyl (C=O) groups is 2. The van der Waals surface area contributed by atoms with Gasteiger partial charge in [-0.25, -0.2) is 9.59 Å². The monoisotopic (exact) mass is 579 g/mol. The Hall–Kier alpha value is -5.42. The van der Waals surface area contributed by atoms with Crippen LogP contribution in [-0.4, -0.2) is 44.6 Å². The van der Waals surface area contributed by atoms with E-state index in [1.165, 1.54) is 12.0 Å². The van der Waals surface area contributed by atoms with Gasteiger partial charge in [-0.3, -0.25) is 4.90 Å². The summed E-state index contributed by atoms with van der Waals surface area (Å²) in [7, 11) is 3.07. The van der Waals surface area contributed by atoms with Crippen LogP contribution in [0.4, 0.5) is 16.2 Å². The summed E-state index contributed by atoms with van der Waals surface area (Å²) in [4.78, 5) is 27.1. The molecule has 2 heterocycles. The number of amides is 2. The van der Waals surface area contributed by atoms with E-state index in [9.17, 15) is 14.7 Å². The van der Waals surface area contributed by atoms with Gasteiger partial charge in [-0.05, 0) is 60.2 Å². The molecule has 42 heavy (non-hydrogen) atoms. The lowest BCUT2D eigenvalue weighted by Crippen LogP contribution is -2.31. The Balaban J connectivity index is 1.64. The van der Waals surface area contributed by atoms with Gasteiger partial charge in [-0.2, -0.15) is 8.75 Å². The molecule has 6 rings (SSSR count). The number of carboxylic acid groups (broad SMARTS) is 1. The van der Waals surface area contributed by atoms with E-state index in [4.69, 9.17) is 15.2 Å². The molecule has 210 valence electrons. The largest absolute Gasteiger partial charge is 0.497 e. The maximum absolute atomic E-state index is 13.0. The van der Waals surface area contributed by atoms with Crippen molar-refractivity contribution >= 4 is 57.0 Å². The molecule has 6 aromatic rings. The number of hydrogen-bond donors (Lipinski definition) is 2. The van der Waals surface area contributed by atoms with Crippen molar-refractivity contribution in [1.29, 1.82) is 0 Å². The number of nitrogens with two attached hydrogens (primary N) is 1. The van der Waals surface area contributed by atoms with E-state index in [-0.39, 0.29) is 12.2 Å². The predicted octanol–water partition coefficient (Wildman–Crippen LogP) is 6.29. The zero-order valence-electron chi connectivity index (χ0n) is 22.6. The number of para-hydroxylation sites is 1. The first-order chi connectivity index (χ1) is 20.4. The van der Waals surface area contributed by atoms with Gasteiger partial charge in [-0.1, -0.05) is 24.3 Å². The number of carboxylic acids is 1. The van der Waals surface area contributed by atoms with Gasteiger partial charge in [0.2, 0.25) is 0 Å². The summed E-state index contributed by atoms with van der Waals surface area (Å²) < 4.78 is 21.4. The molecule has 4 aromatic carbocycles. The van der Waals surface area contributed by atoms with Crippen LogP contribution >= 0.6 is 11.7 Å². The minimum absolute atomic E-state index is 0.0625. The number of aromatic carboxylic acids is 1. The van der Waals surface area contributed by atoms with Crippen molar-refractivity contribution in [2.45, 2.75) is 6.54 Å². The summed E-state index contributed by atoms with van der Waals surface area (Å²) in [6.07, 6.45) is 0. The molecule has 0 saturated heterocycles. The lowest BCUT2D eigenvalue weighted by molar-refractivity contribution is 0.0687. The highest BCUT2D eigenvalue weighted by Crippen LogP contribution is 2.43. The smallest absolute Gasteiger partial charge is 0.353 e. The maximum atomic E-state index is 13.0. The Kier molecular flexibility index (Phi) is 6.93. The first kappa shape index (κ1) is 26.8. The molecule has 0 saturated carbocycles. The van der Waals surface area contributed by atoms with Gasteiger partial charge in [0, 0.05) is 34.6 Å². The molecule has 0 spiro atoms. The van der Waals surface area contributed by atoms with E-state index in [1.807, 2.05) is 36.4 Å². The number of methoxy groups -OCH3 is 2. The normalized spacial score (nSPS) is 11.1. The minimum Gasteiger partial charge on any atom is -0.497 e. The molecule has 0 unspecified atom stereocenters. The van der Waals surface area contributed by atoms with E-state index in [0.717, 1.165) is 28.3 Å².